The van der Waals surface area contributed by atoms with E-state index in [-0.39, 0.29) is 5.91 Å². The van der Waals surface area contributed by atoms with Gasteiger partial charge in [-0.1, -0.05) is 25.0 Å². The van der Waals surface area contributed by atoms with Crippen molar-refractivity contribution in [2.45, 2.75) is 32.1 Å². The summed E-state index contributed by atoms with van der Waals surface area (Å²) < 4.78 is 5.15. The van der Waals surface area contributed by atoms with Gasteiger partial charge in [-0.2, -0.15) is 0 Å². The van der Waals surface area contributed by atoms with Crippen LogP contribution in [-0.4, -0.2) is 37.6 Å². The molecular weight excluding hydrogens is 326 g/mol. The second kappa shape index (κ2) is 9.22. The molecule has 1 amide bonds. The molecule has 0 unspecified atom stereocenters. The van der Waals surface area contributed by atoms with E-state index in [1.165, 1.54) is 31.2 Å². The maximum absolute atomic E-state index is 12.3. The Labute approximate surface area is 155 Å². The van der Waals surface area contributed by atoms with Crippen molar-refractivity contribution in [2.24, 2.45) is 0 Å². The molecule has 0 aliphatic carbocycles. The van der Waals surface area contributed by atoms with Crippen molar-refractivity contribution in [1.29, 1.82) is 0 Å². The van der Waals surface area contributed by atoms with Crippen LogP contribution in [0.15, 0.2) is 42.6 Å². The van der Waals surface area contributed by atoms with Crippen LogP contribution < -0.4 is 15.0 Å². The van der Waals surface area contributed by atoms with Crippen LogP contribution in [0.1, 0.15) is 41.6 Å². The number of hydrogen-bond donors (Lipinski definition) is 1. The molecule has 2 heterocycles. The minimum atomic E-state index is -0.0755. The fraction of sp³-hybridized carbons (Fsp3) is 0.429. The monoisotopic (exact) mass is 353 g/mol. The van der Waals surface area contributed by atoms with E-state index in [1.54, 1.807) is 13.3 Å². The van der Waals surface area contributed by atoms with Gasteiger partial charge in [0.25, 0.3) is 5.91 Å². The number of nitrogens with one attached hydrogen (secondary N) is 1. The predicted molar refractivity (Wildman–Crippen MR) is 104 cm³/mol. The van der Waals surface area contributed by atoms with Crippen molar-refractivity contribution in [2.75, 3.05) is 31.6 Å². The molecular formula is C21H27N3O2. The zero-order valence-electron chi connectivity index (χ0n) is 15.4. The Hall–Kier alpha value is -2.56. The van der Waals surface area contributed by atoms with Crippen LogP contribution in [-0.2, 0) is 6.42 Å². The average molecular weight is 353 g/mol. The number of pyridine rings is 1. The highest BCUT2D eigenvalue weighted by Crippen LogP contribution is 2.17. The van der Waals surface area contributed by atoms with Gasteiger partial charge in [-0.05, 0) is 49.1 Å². The topological polar surface area (TPSA) is 54.5 Å². The highest BCUT2D eigenvalue weighted by Gasteiger charge is 2.12. The number of hydrogen-bond acceptors (Lipinski definition) is 4. The average Bonchev–Trinajstić information content (AvgIpc) is 2.98. The van der Waals surface area contributed by atoms with Gasteiger partial charge in [-0.25, -0.2) is 4.98 Å². The molecule has 0 saturated carbocycles. The molecule has 138 valence electrons. The molecule has 0 spiro atoms. The Morgan fingerprint density at radius 2 is 1.81 bits per heavy atom. The third-order valence-corrected chi connectivity index (χ3v) is 4.80. The van der Waals surface area contributed by atoms with E-state index in [9.17, 15) is 4.79 Å². The van der Waals surface area contributed by atoms with E-state index >= 15 is 0 Å². The Balaban J connectivity index is 1.49. The molecule has 0 radical (unpaired) electrons. The zero-order valence-corrected chi connectivity index (χ0v) is 15.4. The standard InChI is InChI=1S/C21H27N3O2/c1-26-19-9-6-17(7-10-19)12-13-22-21(25)18-8-11-20(23-16-18)24-14-4-2-3-5-15-24/h6-11,16H,2-5,12-15H2,1H3,(H,22,25). The van der Waals surface area contributed by atoms with Crippen LogP contribution in [0.3, 0.4) is 0 Å². The first kappa shape index (κ1) is 18.2. The number of anilines is 1. The number of amides is 1. The van der Waals surface area contributed by atoms with Gasteiger partial charge in [0, 0.05) is 25.8 Å². The SMILES string of the molecule is COc1ccc(CCNC(=O)c2ccc(N3CCCCCC3)nc2)cc1. The van der Waals surface area contributed by atoms with E-state index in [1.807, 2.05) is 36.4 Å². The van der Waals surface area contributed by atoms with E-state index < -0.39 is 0 Å². The molecule has 2 aromatic rings. The molecule has 0 bridgehead atoms. The lowest BCUT2D eigenvalue weighted by Gasteiger charge is -2.21. The summed E-state index contributed by atoms with van der Waals surface area (Å²) in [5, 5.41) is 2.96. The van der Waals surface area contributed by atoms with Gasteiger partial charge < -0.3 is 15.0 Å². The fourth-order valence-corrected chi connectivity index (χ4v) is 3.22. The molecule has 1 aromatic heterocycles. The van der Waals surface area contributed by atoms with Gasteiger partial charge in [0.1, 0.15) is 11.6 Å². The molecule has 26 heavy (non-hydrogen) atoms. The second-order valence-electron chi connectivity index (χ2n) is 6.66. The Kier molecular flexibility index (Phi) is 6.47. The van der Waals surface area contributed by atoms with Crippen molar-refractivity contribution < 1.29 is 9.53 Å². The number of aromatic nitrogens is 1. The normalized spacial score (nSPS) is 14.6. The first-order valence-electron chi connectivity index (χ1n) is 9.38. The van der Waals surface area contributed by atoms with E-state index in [2.05, 4.69) is 15.2 Å². The van der Waals surface area contributed by atoms with Gasteiger partial charge in [-0.3, -0.25) is 4.79 Å². The highest BCUT2D eigenvalue weighted by molar-refractivity contribution is 5.94. The van der Waals surface area contributed by atoms with E-state index in [0.717, 1.165) is 31.1 Å². The van der Waals surface area contributed by atoms with Crippen LogP contribution in [0.2, 0.25) is 0 Å². The minimum Gasteiger partial charge on any atom is -0.497 e. The predicted octanol–water partition coefficient (Wildman–Crippen LogP) is 3.44. The molecule has 1 aromatic carbocycles. The lowest BCUT2D eigenvalue weighted by atomic mass is 10.1. The zero-order chi connectivity index (χ0) is 18.2. The van der Waals surface area contributed by atoms with Crippen LogP contribution in [0.25, 0.3) is 0 Å². The quantitative estimate of drug-likeness (QED) is 0.864. The molecule has 1 N–H and O–H groups in total. The maximum Gasteiger partial charge on any atom is 0.252 e. The van der Waals surface area contributed by atoms with Crippen LogP contribution >= 0.6 is 0 Å². The Bertz CT molecular complexity index is 690. The first-order chi connectivity index (χ1) is 12.8. The molecule has 1 aliphatic rings. The lowest BCUT2D eigenvalue weighted by Crippen LogP contribution is -2.27. The molecule has 0 atom stereocenters. The number of methoxy groups -OCH3 is 1. The number of benzene rings is 1. The maximum atomic E-state index is 12.3. The summed E-state index contributed by atoms with van der Waals surface area (Å²) in [5.41, 5.74) is 1.78. The Morgan fingerprint density at radius 3 is 2.42 bits per heavy atom. The summed E-state index contributed by atoms with van der Waals surface area (Å²) in [5.74, 6) is 1.74. The summed E-state index contributed by atoms with van der Waals surface area (Å²) in [6.07, 6.45) is 7.50. The molecule has 3 rings (SSSR count). The molecule has 1 aliphatic heterocycles. The molecule has 1 saturated heterocycles. The number of carbonyl (C=O) groups excluding carboxylic acids is 1. The van der Waals surface area contributed by atoms with E-state index in [4.69, 9.17) is 4.74 Å². The Morgan fingerprint density at radius 1 is 1.08 bits per heavy atom. The molecule has 5 heteroatoms. The van der Waals surface area contributed by atoms with Gasteiger partial charge in [-0.15, -0.1) is 0 Å². The van der Waals surface area contributed by atoms with Crippen LogP contribution in [0.4, 0.5) is 5.82 Å². The van der Waals surface area contributed by atoms with Crippen molar-refractivity contribution in [1.82, 2.24) is 10.3 Å². The minimum absolute atomic E-state index is 0.0755. The lowest BCUT2D eigenvalue weighted by molar-refractivity contribution is 0.0954. The largest absolute Gasteiger partial charge is 0.497 e. The smallest absolute Gasteiger partial charge is 0.252 e. The number of carbonyl (C=O) groups is 1. The molecule has 1 fully saturated rings. The third-order valence-electron chi connectivity index (χ3n) is 4.80. The number of nitrogens with zero attached hydrogens (tertiary/aromatic N) is 2. The van der Waals surface area contributed by atoms with Gasteiger partial charge >= 0.3 is 0 Å². The summed E-state index contributed by atoms with van der Waals surface area (Å²) in [6, 6.07) is 11.7. The summed E-state index contributed by atoms with van der Waals surface area (Å²) >= 11 is 0. The van der Waals surface area contributed by atoms with Gasteiger partial charge in [0.2, 0.25) is 0 Å². The summed E-state index contributed by atoms with van der Waals surface area (Å²) in [7, 11) is 1.65. The second-order valence-corrected chi connectivity index (χ2v) is 6.66. The van der Waals surface area contributed by atoms with E-state index in [0.29, 0.717) is 12.1 Å². The number of rotatable bonds is 6. The fourth-order valence-electron chi connectivity index (χ4n) is 3.22. The first-order valence-corrected chi connectivity index (χ1v) is 9.38. The van der Waals surface area contributed by atoms with Crippen molar-refractivity contribution in [3.63, 3.8) is 0 Å². The third kappa shape index (κ3) is 4.97. The van der Waals surface area contributed by atoms with Crippen molar-refractivity contribution >= 4 is 11.7 Å². The summed E-state index contributed by atoms with van der Waals surface area (Å²) in [4.78, 5) is 19.1. The van der Waals surface area contributed by atoms with Crippen molar-refractivity contribution in [3.8, 4) is 5.75 Å². The van der Waals surface area contributed by atoms with Gasteiger partial charge in [0.05, 0.1) is 12.7 Å². The number of ether oxygens (including phenoxy) is 1. The van der Waals surface area contributed by atoms with Crippen LogP contribution in [0, 0.1) is 0 Å². The molecule has 5 nitrogen and oxygen atoms in total. The summed E-state index contributed by atoms with van der Waals surface area (Å²) in [6.45, 7) is 2.71. The van der Waals surface area contributed by atoms with Crippen LogP contribution in [0.5, 0.6) is 5.75 Å². The van der Waals surface area contributed by atoms with Crippen molar-refractivity contribution in [3.05, 3.63) is 53.7 Å². The highest BCUT2D eigenvalue weighted by atomic mass is 16.5. The van der Waals surface area contributed by atoms with Gasteiger partial charge in [0.15, 0.2) is 0 Å².